The molecule has 3 rings (SSSR count). The number of thioether (sulfide) groups is 1. The van der Waals surface area contributed by atoms with Crippen LogP contribution < -0.4 is 5.32 Å². The van der Waals surface area contributed by atoms with E-state index in [1.165, 1.54) is 0 Å². The van der Waals surface area contributed by atoms with Gasteiger partial charge in [-0.2, -0.15) is 5.10 Å². The maximum atomic E-state index is 12.6. The molecule has 1 unspecified atom stereocenters. The SMILES string of the molecule is CSc1ccc(C(=O)NC(c2cnn(C)c2)C2CC(O)C2)cc1. The standard InChI is InChI=1S/C17H21N3O2S/c1-20-10-13(9-18-20)16(12-7-14(21)8-12)19-17(22)11-3-5-15(23-2)6-4-11/h3-6,9-10,12,14,16,21H,7-8H2,1-2H3,(H,19,22). The highest BCUT2D eigenvalue weighted by atomic mass is 32.2. The summed E-state index contributed by atoms with van der Waals surface area (Å²) < 4.78 is 1.73. The van der Waals surface area contributed by atoms with E-state index >= 15 is 0 Å². The first-order valence-electron chi connectivity index (χ1n) is 7.68. The van der Waals surface area contributed by atoms with Crippen molar-refractivity contribution in [2.75, 3.05) is 6.26 Å². The van der Waals surface area contributed by atoms with Crippen LogP contribution in [0.4, 0.5) is 0 Å². The van der Waals surface area contributed by atoms with Gasteiger partial charge in [0.1, 0.15) is 0 Å². The van der Waals surface area contributed by atoms with E-state index in [2.05, 4.69) is 10.4 Å². The fourth-order valence-electron chi connectivity index (χ4n) is 2.94. The molecule has 1 atom stereocenters. The Balaban J connectivity index is 1.75. The minimum absolute atomic E-state index is 0.0899. The molecule has 1 aliphatic rings. The number of carbonyl (C=O) groups is 1. The zero-order valence-electron chi connectivity index (χ0n) is 13.3. The quantitative estimate of drug-likeness (QED) is 0.826. The largest absolute Gasteiger partial charge is 0.393 e. The maximum absolute atomic E-state index is 12.6. The van der Waals surface area contributed by atoms with Crippen molar-refractivity contribution in [2.24, 2.45) is 13.0 Å². The molecule has 1 aromatic carbocycles. The van der Waals surface area contributed by atoms with E-state index in [4.69, 9.17) is 0 Å². The molecule has 2 N–H and O–H groups in total. The second-order valence-corrected chi connectivity index (χ2v) is 6.89. The Bertz CT molecular complexity index is 677. The molecule has 0 radical (unpaired) electrons. The maximum Gasteiger partial charge on any atom is 0.251 e. The summed E-state index contributed by atoms with van der Waals surface area (Å²) in [6.07, 6.45) is 6.89. The first-order chi connectivity index (χ1) is 11.1. The number of aliphatic hydroxyl groups excluding tert-OH is 1. The average Bonchev–Trinajstić information content (AvgIpc) is 2.96. The fourth-order valence-corrected chi connectivity index (χ4v) is 3.35. The Morgan fingerprint density at radius 2 is 2.09 bits per heavy atom. The molecular formula is C17H21N3O2S. The Morgan fingerprint density at radius 1 is 1.39 bits per heavy atom. The van der Waals surface area contributed by atoms with Crippen molar-refractivity contribution in [2.45, 2.75) is 29.9 Å². The molecule has 1 fully saturated rings. The topological polar surface area (TPSA) is 67.2 Å². The molecule has 0 aliphatic heterocycles. The van der Waals surface area contributed by atoms with Crippen LogP contribution in [-0.2, 0) is 7.05 Å². The van der Waals surface area contributed by atoms with Gasteiger partial charge in [-0.25, -0.2) is 0 Å². The molecule has 0 spiro atoms. The third-order valence-corrected chi connectivity index (χ3v) is 5.09. The summed E-state index contributed by atoms with van der Waals surface area (Å²) in [5.41, 5.74) is 1.63. The van der Waals surface area contributed by atoms with Crippen LogP contribution in [0.5, 0.6) is 0 Å². The van der Waals surface area contributed by atoms with Crippen molar-refractivity contribution in [3.8, 4) is 0 Å². The number of amides is 1. The second-order valence-electron chi connectivity index (χ2n) is 6.01. The van der Waals surface area contributed by atoms with Gasteiger partial charge in [0, 0.05) is 29.3 Å². The van der Waals surface area contributed by atoms with Crippen molar-refractivity contribution < 1.29 is 9.90 Å². The van der Waals surface area contributed by atoms with E-state index in [-0.39, 0.29) is 24.0 Å². The summed E-state index contributed by atoms with van der Waals surface area (Å²) in [6.45, 7) is 0. The van der Waals surface area contributed by atoms with Gasteiger partial charge in [-0.05, 0) is 49.3 Å². The molecule has 1 heterocycles. The second kappa shape index (κ2) is 6.76. The van der Waals surface area contributed by atoms with Crippen LogP contribution in [0, 0.1) is 5.92 Å². The van der Waals surface area contributed by atoms with E-state index in [0.29, 0.717) is 18.4 Å². The number of hydrogen-bond acceptors (Lipinski definition) is 4. The number of carbonyl (C=O) groups excluding carboxylic acids is 1. The third-order valence-electron chi connectivity index (χ3n) is 4.34. The molecule has 0 saturated heterocycles. The number of benzene rings is 1. The van der Waals surface area contributed by atoms with E-state index in [0.717, 1.165) is 10.5 Å². The van der Waals surface area contributed by atoms with Gasteiger partial charge in [-0.1, -0.05) is 0 Å². The van der Waals surface area contributed by atoms with Crippen LogP contribution in [0.25, 0.3) is 0 Å². The van der Waals surface area contributed by atoms with Gasteiger partial charge in [0.2, 0.25) is 0 Å². The predicted octanol–water partition coefficient (Wildman–Crippen LogP) is 2.38. The Morgan fingerprint density at radius 3 is 2.61 bits per heavy atom. The summed E-state index contributed by atoms with van der Waals surface area (Å²) in [5.74, 6) is 0.163. The Kier molecular flexibility index (Phi) is 4.73. The molecule has 1 aromatic heterocycles. The van der Waals surface area contributed by atoms with E-state index in [1.54, 1.807) is 22.6 Å². The van der Waals surface area contributed by atoms with Gasteiger partial charge in [-0.3, -0.25) is 9.48 Å². The van der Waals surface area contributed by atoms with Crippen LogP contribution in [-0.4, -0.2) is 33.2 Å². The lowest BCUT2D eigenvalue weighted by atomic mass is 9.75. The fraction of sp³-hybridized carbons (Fsp3) is 0.412. The number of hydrogen-bond donors (Lipinski definition) is 2. The summed E-state index contributed by atoms with van der Waals surface area (Å²) in [5, 5.41) is 16.9. The Labute approximate surface area is 140 Å². The molecule has 2 aromatic rings. The molecule has 1 saturated carbocycles. The molecule has 6 heteroatoms. The highest BCUT2D eigenvalue weighted by Crippen LogP contribution is 2.38. The van der Waals surface area contributed by atoms with Crippen LogP contribution in [0.1, 0.15) is 34.8 Å². The van der Waals surface area contributed by atoms with E-state index in [9.17, 15) is 9.90 Å². The lowest BCUT2D eigenvalue weighted by Crippen LogP contribution is -2.41. The number of aliphatic hydroxyl groups is 1. The smallest absolute Gasteiger partial charge is 0.251 e. The zero-order valence-corrected chi connectivity index (χ0v) is 14.1. The first kappa shape index (κ1) is 16.1. The number of aromatic nitrogens is 2. The summed E-state index contributed by atoms with van der Waals surface area (Å²) in [4.78, 5) is 13.7. The predicted molar refractivity (Wildman–Crippen MR) is 90.4 cm³/mol. The van der Waals surface area contributed by atoms with Crippen LogP contribution in [0.2, 0.25) is 0 Å². The van der Waals surface area contributed by atoms with Crippen LogP contribution in [0.15, 0.2) is 41.6 Å². The van der Waals surface area contributed by atoms with Crippen molar-refractivity contribution in [1.29, 1.82) is 0 Å². The molecule has 1 amide bonds. The van der Waals surface area contributed by atoms with Crippen LogP contribution >= 0.6 is 11.8 Å². The average molecular weight is 331 g/mol. The van der Waals surface area contributed by atoms with Crippen molar-refractivity contribution in [3.05, 3.63) is 47.8 Å². The lowest BCUT2D eigenvalue weighted by molar-refractivity contribution is 0.0235. The van der Waals surface area contributed by atoms with Crippen molar-refractivity contribution in [1.82, 2.24) is 15.1 Å². The van der Waals surface area contributed by atoms with Gasteiger partial charge in [0.25, 0.3) is 5.91 Å². The first-order valence-corrected chi connectivity index (χ1v) is 8.91. The minimum atomic E-state index is -0.253. The van der Waals surface area contributed by atoms with Crippen molar-refractivity contribution >= 4 is 17.7 Å². The normalized spacial score (nSPS) is 21.5. The molecule has 5 nitrogen and oxygen atoms in total. The molecule has 23 heavy (non-hydrogen) atoms. The third kappa shape index (κ3) is 3.59. The van der Waals surface area contributed by atoms with E-state index < -0.39 is 0 Å². The van der Waals surface area contributed by atoms with Gasteiger partial charge < -0.3 is 10.4 Å². The molecule has 1 aliphatic carbocycles. The molecule has 122 valence electrons. The van der Waals surface area contributed by atoms with E-state index in [1.807, 2.05) is 43.8 Å². The number of nitrogens with zero attached hydrogens (tertiary/aromatic N) is 2. The minimum Gasteiger partial charge on any atom is -0.393 e. The highest BCUT2D eigenvalue weighted by molar-refractivity contribution is 7.98. The number of aryl methyl sites for hydroxylation is 1. The van der Waals surface area contributed by atoms with Gasteiger partial charge in [0.15, 0.2) is 0 Å². The van der Waals surface area contributed by atoms with Crippen LogP contribution in [0.3, 0.4) is 0 Å². The summed E-state index contributed by atoms with van der Waals surface area (Å²) in [6, 6.07) is 7.48. The zero-order chi connectivity index (χ0) is 16.4. The monoisotopic (exact) mass is 331 g/mol. The van der Waals surface area contributed by atoms with Gasteiger partial charge in [-0.15, -0.1) is 11.8 Å². The molecule has 0 bridgehead atoms. The van der Waals surface area contributed by atoms with Gasteiger partial charge >= 0.3 is 0 Å². The Hall–Kier alpha value is -1.79. The number of rotatable bonds is 5. The number of nitrogens with one attached hydrogen (secondary N) is 1. The van der Waals surface area contributed by atoms with Gasteiger partial charge in [0.05, 0.1) is 18.3 Å². The lowest BCUT2D eigenvalue weighted by Gasteiger charge is -2.37. The highest BCUT2D eigenvalue weighted by Gasteiger charge is 2.36. The molecular weight excluding hydrogens is 310 g/mol. The summed E-state index contributed by atoms with van der Waals surface area (Å²) in [7, 11) is 1.86. The summed E-state index contributed by atoms with van der Waals surface area (Å²) >= 11 is 1.65. The van der Waals surface area contributed by atoms with Crippen molar-refractivity contribution in [3.63, 3.8) is 0 Å².